The van der Waals surface area contributed by atoms with Crippen LogP contribution >= 0.6 is 0 Å². The Bertz CT molecular complexity index is 1350. The molecule has 2 aromatic carbocycles. The number of carbonyl (C=O) groups is 2. The molecular formula is C26H26N4O5. The molecule has 3 rings (SSSR count). The fourth-order valence-electron chi connectivity index (χ4n) is 3.58. The number of methoxy groups -OCH3 is 2. The molecule has 0 bridgehead atoms. The van der Waals surface area contributed by atoms with Crippen molar-refractivity contribution in [2.45, 2.75) is 26.9 Å². The molecular weight excluding hydrogens is 448 g/mol. The van der Waals surface area contributed by atoms with Gasteiger partial charge in [-0.1, -0.05) is 0 Å². The van der Waals surface area contributed by atoms with Gasteiger partial charge in [-0.15, -0.1) is 0 Å². The van der Waals surface area contributed by atoms with Gasteiger partial charge < -0.3 is 24.7 Å². The zero-order valence-electron chi connectivity index (χ0n) is 20.0. The minimum Gasteiger partial charge on any atom is -0.497 e. The van der Waals surface area contributed by atoms with Crippen LogP contribution in [0.15, 0.2) is 53.3 Å². The molecule has 1 aromatic heterocycles. The van der Waals surface area contributed by atoms with Crippen LogP contribution in [0.4, 0.5) is 5.69 Å². The second-order valence-corrected chi connectivity index (χ2v) is 7.83. The zero-order chi connectivity index (χ0) is 25.5. The highest BCUT2D eigenvalue weighted by Crippen LogP contribution is 2.24. The van der Waals surface area contributed by atoms with Crippen molar-refractivity contribution in [2.75, 3.05) is 19.5 Å². The number of rotatable bonds is 8. The highest BCUT2D eigenvalue weighted by atomic mass is 16.5. The van der Waals surface area contributed by atoms with Gasteiger partial charge in [-0.25, -0.2) is 0 Å². The number of amides is 2. The van der Waals surface area contributed by atoms with Gasteiger partial charge in [0.05, 0.1) is 14.2 Å². The summed E-state index contributed by atoms with van der Waals surface area (Å²) in [4.78, 5) is 37.5. The van der Waals surface area contributed by atoms with Crippen molar-refractivity contribution in [3.05, 3.63) is 86.8 Å². The van der Waals surface area contributed by atoms with E-state index in [0.717, 1.165) is 5.56 Å². The first-order valence-electron chi connectivity index (χ1n) is 10.8. The number of ether oxygens (including phenoxy) is 2. The van der Waals surface area contributed by atoms with Gasteiger partial charge in [0.2, 0.25) is 5.91 Å². The third-order valence-electron chi connectivity index (χ3n) is 5.48. The maximum atomic E-state index is 12.5. The number of pyridine rings is 1. The Kier molecular flexibility index (Phi) is 7.89. The summed E-state index contributed by atoms with van der Waals surface area (Å²) in [5.41, 5.74) is 2.37. The van der Waals surface area contributed by atoms with Gasteiger partial charge in [0.1, 0.15) is 29.7 Å². The summed E-state index contributed by atoms with van der Waals surface area (Å²) in [6.45, 7) is 3.42. The number of anilines is 1. The molecule has 0 unspecified atom stereocenters. The molecule has 2 amide bonds. The van der Waals surface area contributed by atoms with Crippen LogP contribution in [0.2, 0.25) is 0 Å². The number of nitrogens with one attached hydrogen (secondary N) is 2. The van der Waals surface area contributed by atoms with Crippen molar-refractivity contribution in [1.29, 1.82) is 5.26 Å². The van der Waals surface area contributed by atoms with Crippen LogP contribution in [-0.4, -0.2) is 30.6 Å². The molecule has 3 aromatic rings. The van der Waals surface area contributed by atoms with Crippen LogP contribution in [0, 0.1) is 25.2 Å². The Labute approximate surface area is 202 Å². The summed E-state index contributed by atoms with van der Waals surface area (Å²) in [6.07, 6.45) is 0. The fourth-order valence-corrected chi connectivity index (χ4v) is 3.58. The second kappa shape index (κ2) is 11.0. The number of hydrogen-bond acceptors (Lipinski definition) is 6. The highest BCUT2D eigenvalue weighted by molar-refractivity contribution is 5.95. The summed E-state index contributed by atoms with van der Waals surface area (Å²) in [7, 11) is 3.11. The SMILES string of the molecule is COc1ccc(CNC(=O)c2ccc(NC(=O)Cn3c(C)cc(C)c(C#N)c3=O)cc2)c(OC)c1. The van der Waals surface area contributed by atoms with Gasteiger partial charge in [-0.2, -0.15) is 5.26 Å². The minimum atomic E-state index is -0.499. The van der Waals surface area contributed by atoms with Crippen molar-refractivity contribution in [2.24, 2.45) is 0 Å². The summed E-state index contributed by atoms with van der Waals surface area (Å²) in [6, 6.07) is 15.3. The monoisotopic (exact) mass is 474 g/mol. The molecule has 0 aliphatic heterocycles. The third-order valence-corrected chi connectivity index (χ3v) is 5.48. The molecule has 35 heavy (non-hydrogen) atoms. The Morgan fingerprint density at radius 1 is 1.03 bits per heavy atom. The summed E-state index contributed by atoms with van der Waals surface area (Å²) >= 11 is 0. The summed E-state index contributed by atoms with van der Waals surface area (Å²) < 4.78 is 11.8. The molecule has 0 saturated carbocycles. The summed E-state index contributed by atoms with van der Waals surface area (Å²) in [5, 5.41) is 14.7. The fraction of sp³-hybridized carbons (Fsp3) is 0.231. The van der Waals surface area contributed by atoms with Crippen molar-refractivity contribution in [3.8, 4) is 17.6 Å². The number of carbonyl (C=O) groups excluding carboxylic acids is 2. The first-order chi connectivity index (χ1) is 16.8. The number of nitrogens with zero attached hydrogens (tertiary/aromatic N) is 2. The van der Waals surface area contributed by atoms with Gasteiger partial charge in [0.25, 0.3) is 11.5 Å². The number of nitriles is 1. The second-order valence-electron chi connectivity index (χ2n) is 7.83. The van der Waals surface area contributed by atoms with Crippen LogP contribution in [-0.2, 0) is 17.9 Å². The molecule has 9 heteroatoms. The van der Waals surface area contributed by atoms with E-state index in [1.807, 2.05) is 12.1 Å². The number of hydrogen-bond donors (Lipinski definition) is 2. The maximum Gasteiger partial charge on any atom is 0.269 e. The molecule has 0 aliphatic rings. The summed E-state index contributed by atoms with van der Waals surface area (Å²) in [5.74, 6) is 0.549. The lowest BCUT2D eigenvalue weighted by Gasteiger charge is -2.13. The lowest BCUT2D eigenvalue weighted by Crippen LogP contribution is -2.31. The normalized spacial score (nSPS) is 10.3. The Morgan fingerprint density at radius 3 is 2.37 bits per heavy atom. The average molecular weight is 475 g/mol. The van der Waals surface area contributed by atoms with Crippen molar-refractivity contribution in [3.63, 3.8) is 0 Å². The van der Waals surface area contributed by atoms with E-state index >= 15 is 0 Å². The van der Waals surface area contributed by atoms with E-state index in [0.29, 0.717) is 34.0 Å². The molecule has 0 fully saturated rings. The largest absolute Gasteiger partial charge is 0.497 e. The average Bonchev–Trinajstić information content (AvgIpc) is 2.85. The Morgan fingerprint density at radius 2 is 1.74 bits per heavy atom. The number of benzene rings is 2. The quantitative estimate of drug-likeness (QED) is 0.518. The lowest BCUT2D eigenvalue weighted by atomic mass is 10.1. The first kappa shape index (κ1) is 25.1. The highest BCUT2D eigenvalue weighted by Gasteiger charge is 2.14. The first-order valence-corrected chi connectivity index (χ1v) is 10.8. The molecule has 0 spiro atoms. The van der Waals surface area contributed by atoms with Crippen LogP contribution in [0.5, 0.6) is 11.5 Å². The van der Waals surface area contributed by atoms with E-state index in [2.05, 4.69) is 10.6 Å². The molecule has 180 valence electrons. The molecule has 0 radical (unpaired) electrons. The zero-order valence-corrected chi connectivity index (χ0v) is 20.0. The van der Waals surface area contributed by atoms with E-state index < -0.39 is 11.5 Å². The van der Waals surface area contributed by atoms with Crippen LogP contribution < -0.4 is 25.7 Å². The van der Waals surface area contributed by atoms with E-state index in [-0.39, 0.29) is 24.6 Å². The topological polar surface area (TPSA) is 122 Å². The van der Waals surface area contributed by atoms with Gasteiger partial charge in [-0.3, -0.25) is 14.4 Å². The predicted molar refractivity (Wildman–Crippen MR) is 131 cm³/mol. The van der Waals surface area contributed by atoms with Gasteiger partial charge >= 0.3 is 0 Å². The predicted octanol–water partition coefficient (Wildman–Crippen LogP) is 2.92. The Hall–Kier alpha value is -4.58. The molecule has 9 nitrogen and oxygen atoms in total. The molecule has 0 aliphatic carbocycles. The van der Waals surface area contributed by atoms with E-state index in [1.54, 1.807) is 70.5 Å². The smallest absolute Gasteiger partial charge is 0.269 e. The van der Waals surface area contributed by atoms with Gasteiger partial charge in [0.15, 0.2) is 0 Å². The maximum absolute atomic E-state index is 12.5. The molecule has 1 heterocycles. The van der Waals surface area contributed by atoms with Crippen LogP contribution in [0.3, 0.4) is 0 Å². The molecule has 0 atom stereocenters. The van der Waals surface area contributed by atoms with Gasteiger partial charge in [0, 0.05) is 35.1 Å². The van der Waals surface area contributed by atoms with E-state index in [1.165, 1.54) is 4.57 Å². The minimum absolute atomic E-state index is 0.0195. The Balaban J connectivity index is 1.62. The van der Waals surface area contributed by atoms with E-state index in [9.17, 15) is 19.6 Å². The van der Waals surface area contributed by atoms with Crippen molar-refractivity contribution < 1.29 is 19.1 Å². The van der Waals surface area contributed by atoms with Gasteiger partial charge in [-0.05, 0) is 61.9 Å². The van der Waals surface area contributed by atoms with Crippen LogP contribution in [0.25, 0.3) is 0 Å². The van der Waals surface area contributed by atoms with Crippen molar-refractivity contribution >= 4 is 17.5 Å². The molecule has 2 N–H and O–H groups in total. The standard InChI is InChI=1S/C26H26N4O5/c1-16-11-17(2)30(26(33)22(16)13-27)15-24(31)29-20-8-5-18(6-9-20)25(32)28-14-19-7-10-21(34-3)12-23(19)35-4/h5-12H,14-15H2,1-4H3,(H,28,32)(H,29,31). The molecule has 0 saturated heterocycles. The van der Waals surface area contributed by atoms with Crippen molar-refractivity contribution in [1.82, 2.24) is 9.88 Å². The van der Waals surface area contributed by atoms with E-state index in [4.69, 9.17) is 9.47 Å². The lowest BCUT2D eigenvalue weighted by molar-refractivity contribution is -0.116. The van der Waals surface area contributed by atoms with Crippen LogP contribution in [0.1, 0.15) is 32.7 Å². The third kappa shape index (κ3) is 5.86. The number of aryl methyl sites for hydroxylation is 2. The number of aromatic nitrogens is 1.